The molecule has 0 saturated heterocycles. The van der Waals surface area contributed by atoms with Gasteiger partial charge in [0.2, 0.25) is 0 Å². The SMILES string of the molecule is N#CCC(C1CCCC1)n1cc(-c2ncnc3c2ccn3C(=O)Oc2ccc([N+](=O)[O-])cc2)cn1. The molecule has 1 unspecified atom stereocenters. The topological polar surface area (TPSA) is 142 Å². The van der Waals surface area contributed by atoms with Crippen LogP contribution in [0.2, 0.25) is 0 Å². The van der Waals surface area contributed by atoms with Crippen LogP contribution in [0.15, 0.2) is 55.2 Å². The zero-order valence-electron chi connectivity index (χ0n) is 18.6. The third-order valence-corrected chi connectivity index (χ3v) is 6.39. The Morgan fingerprint density at radius 1 is 1.23 bits per heavy atom. The van der Waals surface area contributed by atoms with E-state index in [1.165, 1.54) is 54.2 Å². The summed E-state index contributed by atoms with van der Waals surface area (Å²) in [5, 5.41) is 25.3. The highest BCUT2D eigenvalue weighted by Crippen LogP contribution is 2.36. The minimum Gasteiger partial charge on any atom is -0.410 e. The van der Waals surface area contributed by atoms with Crippen molar-refractivity contribution in [2.75, 3.05) is 0 Å². The summed E-state index contributed by atoms with van der Waals surface area (Å²) in [5.41, 5.74) is 1.64. The first-order valence-corrected chi connectivity index (χ1v) is 11.3. The van der Waals surface area contributed by atoms with E-state index in [1.807, 2.05) is 10.9 Å². The lowest BCUT2D eigenvalue weighted by Gasteiger charge is -2.21. The lowest BCUT2D eigenvalue weighted by molar-refractivity contribution is -0.384. The van der Waals surface area contributed by atoms with Crippen molar-refractivity contribution in [3.8, 4) is 23.1 Å². The van der Waals surface area contributed by atoms with Gasteiger partial charge < -0.3 is 4.74 Å². The molecule has 0 radical (unpaired) electrons. The van der Waals surface area contributed by atoms with Crippen molar-refractivity contribution in [1.29, 1.82) is 5.26 Å². The standard InChI is InChI=1S/C24H21N7O4/c25-11-9-21(16-3-1-2-4-16)30-14-17(13-28-30)22-20-10-12-29(23(20)27-15-26-22)24(32)35-19-7-5-18(6-8-19)31(33)34/h5-8,10,12-16,21H,1-4,9H2. The van der Waals surface area contributed by atoms with Gasteiger partial charge >= 0.3 is 6.09 Å². The van der Waals surface area contributed by atoms with E-state index in [4.69, 9.17) is 4.74 Å². The van der Waals surface area contributed by atoms with E-state index in [1.54, 1.807) is 12.3 Å². The summed E-state index contributed by atoms with van der Waals surface area (Å²) < 4.78 is 8.48. The predicted molar refractivity (Wildman–Crippen MR) is 124 cm³/mol. The fraction of sp³-hybridized carbons (Fsp3) is 0.292. The summed E-state index contributed by atoms with van der Waals surface area (Å²) in [6.45, 7) is 0. The Bertz CT molecular complexity index is 1430. The van der Waals surface area contributed by atoms with Crippen LogP contribution in [0, 0.1) is 27.4 Å². The smallest absolute Gasteiger partial charge is 0.410 e. The normalized spacial score (nSPS) is 14.6. The molecule has 5 rings (SSSR count). The molecule has 1 aliphatic carbocycles. The van der Waals surface area contributed by atoms with Gasteiger partial charge in [-0.15, -0.1) is 0 Å². The van der Waals surface area contributed by atoms with Crippen LogP contribution in [-0.4, -0.2) is 35.3 Å². The molecule has 0 aliphatic heterocycles. The number of ether oxygens (including phenoxy) is 1. The van der Waals surface area contributed by atoms with Crippen LogP contribution in [0.4, 0.5) is 10.5 Å². The number of hydrogen-bond donors (Lipinski definition) is 0. The molecule has 0 amide bonds. The fourth-order valence-corrected chi connectivity index (χ4v) is 4.67. The van der Waals surface area contributed by atoms with E-state index in [2.05, 4.69) is 21.1 Å². The number of non-ortho nitro benzene ring substituents is 1. The molecule has 176 valence electrons. The molecule has 1 atom stereocenters. The van der Waals surface area contributed by atoms with Gasteiger partial charge in [0.25, 0.3) is 5.69 Å². The average molecular weight is 471 g/mol. The van der Waals surface area contributed by atoms with Crippen molar-refractivity contribution in [3.05, 3.63) is 65.4 Å². The summed E-state index contributed by atoms with van der Waals surface area (Å²) in [4.78, 5) is 31.7. The van der Waals surface area contributed by atoms with Crippen LogP contribution in [0.25, 0.3) is 22.3 Å². The maximum absolute atomic E-state index is 12.8. The summed E-state index contributed by atoms with van der Waals surface area (Å²) >= 11 is 0. The van der Waals surface area contributed by atoms with Crippen LogP contribution in [-0.2, 0) is 0 Å². The monoisotopic (exact) mass is 471 g/mol. The van der Waals surface area contributed by atoms with E-state index in [9.17, 15) is 20.2 Å². The molecule has 0 bridgehead atoms. The molecule has 11 heteroatoms. The molecule has 1 saturated carbocycles. The second-order valence-corrected chi connectivity index (χ2v) is 8.45. The van der Waals surface area contributed by atoms with Gasteiger partial charge in [0, 0.05) is 35.5 Å². The molecular formula is C24H21N7O4. The van der Waals surface area contributed by atoms with E-state index >= 15 is 0 Å². The van der Waals surface area contributed by atoms with Gasteiger partial charge in [-0.1, -0.05) is 12.8 Å². The van der Waals surface area contributed by atoms with Crippen LogP contribution in [0.5, 0.6) is 5.75 Å². The number of rotatable bonds is 6. The Morgan fingerprint density at radius 3 is 2.71 bits per heavy atom. The molecule has 1 aliphatic rings. The maximum Gasteiger partial charge on any atom is 0.425 e. The summed E-state index contributed by atoms with van der Waals surface area (Å²) in [7, 11) is 0. The Morgan fingerprint density at radius 2 is 2.00 bits per heavy atom. The van der Waals surface area contributed by atoms with Crippen LogP contribution in [0.3, 0.4) is 0 Å². The molecule has 0 spiro atoms. The molecule has 3 aromatic heterocycles. The van der Waals surface area contributed by atoms with Crippen molar-refractivity contribution < 1.29 is 14.5 Å². The van der Waals surface area contributed by atoms with Crippen molar-refractivity contribution in [2.24, 2.45) is 5.92 Å². The number of nitro groups is 1. The summed E-state index contributed by atoms with van der Waals surface area (Å²) in [5.74, 6) is 0.608. The van der Waals surface area contributed by atoms with Gasteiger partial charge in [0.05, 0.1) is 35.3 Å². The Hall–Kier alpha value is -4.59. The van der Waals surface area contributed by atoms with Crippen molar-refractivity contribution in [3.63, 3.8) is 0 Å². The van der Waals surface area contributed by atoms with Crippen molar-refractivity contribution >= 4 is 22.8 Å². The van der Waals surface area contributed by atoms with E-state index in [0.29, 0.717) is 29.1 Å². The van der Waals surface area contributed by atoms with Gasteiger partial charge in [0.1, 0.15) is 12.1 Å². The second kappa shape index (κ2) is 9.34. The minimum absolute atomic E-state index is 0.0230. The number of hydrogen-bond acceptors (Lipinski definition) is 8. The van der Waals surface area contributed by atoms with Gasteiger partial charge in [-0.3, -0.25) is 14.8 Å². The number of carbonyl (C=O) groups is 1. The zero-order valence-corrected chi connectivity index (χ0v) is 18.6. The maximum atomic E-state index is 12.8. The first-order chi connectivity index (χ1) is 17.0. The highest BCUT2D eigenvalue weighted by molar-refractivity contribution is 5.95. The van der Waals surface area contributed by atoms with Gasteiger partial charge in [0.15, 0.2) is 5.65 Å². The van der Waals surface area contributed by atoms with E-state index < -0.39 is 11.0 Å². The van der Waals surface area contributed by atoms with Crippen LogP contribution >= 0.6 is 0 Å². The molecule has 3 heterocycles. The fourth-order valence-electron chi connectivity index (χ4n) is 4.67. The van der Waals surface area contributed by atoms with Gasteiger partial charge in [-0.2, -0.15) is 10.4 Å². The molecule has 35 heavy (non-hydrogen) atoms. The summed E-state index contributed by atoms with van der Waals surface area (Å²) in [6, 6.07) is 9.29. The quantitative estimate of drug-likeness (QED) is 0.286. The average Bonchev–Trinajstić information content (AvgIpc) is 3.63. The summed E-state index contributed by atoms with van der Waals surface area (Å²) in [6.07, 6.45) is 10.8. The number of aromatic nitrogens is 5. The van der Waals surface area contributed by atoms with Crippen LogP contribution < -0.4 is 4.74 Å². The number of fused-ring (bicyclic) bond motifs is 1. The minimum atomic E-state index is -0.704. The first kappa shape index (κ1) is 22.2. The van der Waals surface area contributed by atoms with Crippen molar-refractivity contribution in [1.82, 2.24) is 24.3 Å². The largest absolute Gasteiger partial charge is 0.425 e. The van der Waals surface area contributed by atoms with E-state index in [0.717, 1.165) is 18.4 Å². The lowest BCUT2D eigenvalue weighted by Crippen LogP contribution is -2.17. The Kier molecular flexibility index (Phi) is 5.93. The number of nitrogens with zero attached hydrogens (tertiary/aromatic N) is 7. The number of nitro benzene ring substituents is 1. The van der Waals surface area contributed by atoms with Gasteiger partial charge in [-0.05, 0) is 37.0 Å². The predicted octanol–water partition coefficient (Wildman–Crippen LogP) is 4.90. The molecule has 4 aromatic rings. The zero-order chi connectivity index (χ0) is 24.4. The highest BCUT2D eigenvalue weighted by Gasteiger charge is 2.27. The number of benzene rings is 1. The lowest BCUT2D eigenvalue weighted by atomic mass is 9.96. The van der Waals surface area contributed by atoms with E-state index in [-0.39, 0.29) is 17.5 Å². The Labute approximate surface area is 199 Å². The molecule has 1 aromatic carbocycles. The van der Waals surface area contributed by atoms with Crippen LogP contribution in [0.1, 0.15) is 38.1 Å². The Balaban J connectivity index is 1.41. The number of carbonyl (C=O) groups excluding carboxylic acids is 1. The molecule has 1 fully saturated rings. The van der Waals surface area contributed by atoms with Gasteiger partial charge in [-0.25, -0.2) is 19.3 Å². The van der Waals surface area contributed by atoms with Crippen molar-refractivity contribution in [2.45, 2.75) is 38.1 Å². The molecular weight excluding hydrogens is 450 g/mol. The molecule has 0 N–H and O–H groups in total. The number of nitriles is 1. The third-order valence-electron chi connectivity index (χ3n) is 6.39. The molecule has 11 nitrogen and oxygen atoms in total. The first-order valence-electron chi connectivity index (χ1n) is 11.3. The highest BCUT2D eigenvalue weighted by atomic mass is 16.6. The second-order valence-electron chi connectivity index (χ2n) is 8.45. The third kappa shape index (κ3) is 4.33.